The Hall–Kier alpha value is -1.06. The molecule has 1 heterocycles. The molecule has 0 aromatic heterocycles. The van der Waals surface area contributed by atoms with Crippen LogP contribution >= 0.6 is 0 Å². The molecule has 3 heteroatoms. The zero-order valence-corrected chi connectivity index (χ0v) is 10.9. The summed E-state index contributed by atoms with van der Waals surface area (Å²) in [4.78, 5) is 2.38. The molecule has 1 fully saturated rings. The SMILES string of the molecule is CN(CC1CC(O)C1)CC1COc2ccccc21. The first-order valence-corrected chi connectivity index (χ1v) is 6.80. The third kappa shape index (κ3) is 2.38. The third-order valence-corrected chi connectivity index (χ3v) is 4.11. The highest BCUT2D eigenvalue weighted by molar-refractivity contribution is 5.39. The first kappa shape index (κ1) is 12.0. The van der Waals surface area contributed by atoms with Crippen molar-refractivity contribution in [2.24, 2.45) is 5.92 Å². The Kier molecular flexibility index (Phi) is 3.27. The smallest absolute Gasteiger partial charge is 0.122 e. The minimum atomic E-state index is -0.0426. The molecular weight excluding hydrogens is 226 g/mol. The Bertz CT molecular complexity index is 415. The van der Waals surface area contributed by atoms with Crippen molar-refractivity contribution in [3.05, 3.63) is 29.8 Å². The second-order valence-corrected chi connectivity index (χ2v) is 5.76. The fraction of sp³-hybridized carbons (Fsp3) is 0.600. The number of hydrogen-bond acceptors (Lipinski definition) is 3. The molecule has 1 aromatic carbocycles. The van der Waals surface area contributed by atoms with E-state index in [2.05, 4.69) is 30.1 Å². The van der Waals surface area contributed by atoms with Crippen LogP contribution in [-0.2, 0) is 0 Å². The van der Waals surface area contributed by atoms with E-state index in [1.807, 2.05) is 6.07 Å². The molecule has 18 heavy (non-hydrogen) atoms. The first-order valence-electron chi connectivity index (χ1n) is 6.80. The Labute approximate surface area is 108 Å². The van der Waals surface area contributed by atoms with E-state index < -0.39 is 0 Å². The van der Waals surface area contributed by atoms with Crippen LogP contribution in [0.25, 0.3) is 0 Å². The minimum Gasteiger partial charge on any atom is -0.493 e. The quantitative estimate of drug-likeness (QED) is 0.881. The molecule has 1 N–H and O–H groups in total. The van der Waals surface area contributed by atoms with Crippen molar-refractivity contribution in [1.82, 2.24) is 4.90 Å². The monoisotopic (exact) mass is 247 g/mol. The van der Waals surface area contributed by atoms with Crippen LogP contribution < -0.4 is 4.74 Å². The predicted octanol–water partition coefficient (Wildman–Crippen LogP) is 1.87. The Balaban J connectivity index is 1.54. The van der Waals surface area contributed by atoms with Crippen LogP contribution in [0.3, 0.4) is 0 Å². The van der Waals surface area contributed by atoms with Crippen LogP contribution in [0.1, 0.15) is 24.3 Å². The van der Waals surface area contributed by atoms with Crippen molar-refractivity contribution in [2.45, 2.75) is 24.9 Å². The lowest BCUT2D eigenvalue weighted by atomic mass is 9.82. The van der Waals surface area contributed by atoms with Crippen molar-refractivity contribution >= 4 is 0 Å². The highest BCUT2D eigenvalue weighted by atomic mass is 16.5. The number of benzene rings is 1. The lowest BCUT2D eigenvalue weighted by Gasteiger charge is -2.35. The van der Waals surface area contributed by atoms with Gasteiger partial charge >= 0.3 is 0 Å². The summed E-state index contributed by atoms with van der Waals surface area (Å²) in [6.45, 7) is 2.94. The van der Waals surface area contributed by atoms with E-state index in [1.54, 1.807) is 0 Å². The Morgan fingerprint density at radius 3 is 2.83 bits per heavy atom. The molecular formula is C15H21NO2. The van der Waals surface area contributed by atoms with Crippen molar-refractivity contribution in [3.63, 3.8) is 0 Å². The molecule has 98 valence electrons. The van der Waals surface area contributed by atoms with E-state index in [4.69, 9.17) is 4.74 Å². The van der Waals surface area contributed by atoms with E-state index in [-0.39, 0.29) is 6.10 Å². The molecule has 1 aliphatic heterocycles. The second-order valence-electron chi connectivity index (χ2n) is 5.76. The number of fused-ring (bicyclic) bond motifs is 1. The number of nitrogens with zero attached hydrogens (tertiary/aromatic N) is 1. The summed E-state index contributed by atoms with van der Waals surface area (Å²) < 4.78 is 5.71. The van der Waals surface area contributed by atoms with Gasteiger partial charge in [-0.2, -0.15) is 0 Å². The molecule has 3 nitrogen and oxygen atoms in total. The summed E-state index contributed by atoms with van der Waals surface area (Å²) in [6, 6.07) is 8.34. The van der Waals surface area contributed by atoms with Gasteiger partial charge in [0, 0.05) is 24.6 Å². The molecule has 2 aliphatic rings. The van der Waals surface area contributed by atoms with Gasteiger partial charge in [0.15, 0.2) is 0 Å². The van der Waals surface area contributed by atoms with Crippen LogP contribution in [0.2, 0.25) is 0 Å². The molecule has 1 unspecified atom stereocenters. The summed E-state index contributed by atoms with van der Waals surface area (Å²) in [5.74, 6) is 2.23. The zero-order valence-electron chi connectivity index (χ0n) is 10.9. The van der Waals surface area contributed by atoms with Gasteiger partial charge in [-0.05, 0) is 31.9 Å². The van der Waals surface area contributed by atoms with Gasteiger partial charge in [0.1, 0.15) is 5.75 Å². The lowest BCUT2D eigenvalue weighted by molar-refractivity contribution is 0.0274. The van der Waals surface area contributed by atoms with E-state index in [0.29, 0.717) is 11.8 Å². The number of ether oxygens (including phenoxy) is 1. The molecule has 1 aliphatic carbocycles. The minimum absolute atomic E-state index is 0.0426. The Morgan fingerprint density at radius 2 is 2.06 bits per heavy atom. The summed E-state index contributed by atoms with van der Waals surface area (Å²) in [5.41, 5.74) is 1.35. The van der Waals surface area contributed by atoms with Crippen LogP contribution in [0, 0.1) is 5.92 Å². The third-order valence-electron chi connectivity index (χ3n) is 4.11. The molecule has 0 spiro atoms. The molecule has 0 saturated heterocycles. The number of likely N-dealkylation sites (N-methyl/N-ethyl adjacent to an activating group) is 1. The number of para-hydroxylation sites is 1. The predicted molar refractivity (Wildman–Crippen MR) is 70.9 cm³/mol. The fourth-order valence-corrected chi connectivity index (χ4v) is 3.12. The van der Waals surface area contributed by atoms with Crippen molar-refractivity contribution in [3.8, 4) is 5.75 Å². The van der Waals surface area contributed by atoms with E-state index in [9.17, 15) is 5.11 Å². The number of hydrogen-bond donors (Lipinski definition) is 1. The van der Waals surface area contributed by atoms with E-state index >= 15 is 0 Å². The van der Waals surface area contributed by atoms with E-state index in [1.165, 1.54) is 5.56 Å². The molecule has 0 bridgehead atoms. The van der Waals surface area contributed by atoms with Gasteiger partial charge in [0.2, 0.25) is 0 Å². The molecule has 3 rings (SSSR count). The number of aliphatic hydroxyl groups is 1. The van der Waals surface area contributed by atoms with Crippen molar-refractivity contribution in [1.29, 1.82) is 0 Å². The van der Waals surface area contributed by atoms with Crippen LogP contribution in [0.15, 0.2) is 24.3 Å². The van der Waals surface area contributed by atoms with Crippen LogP contribution in [-0.4, -0.2) is 42.9 Å². The number of aliphatic hydroxyl groups excluding tert-OH is 1. The molecule has 1 aromatic rings. The second kappa shape index (κ2) is 4.90. The van der Waals surface area contributed by atoms with Crippen molar-refractivity contribution in [2.75, 3.05) is 26.7 Å². The first-order chi connectivity index (χ1) is 8.72. The van der Waals surface area contributed by atoms with Gasteiger partial charge in [0.25, 0.3) is 0 Å². The average molecular weight is 247 g/mol. The summed E-state index contributed by atoms with van der Waals surface area (Å²) >= 11 is 0. The van der Waals surface area contributed by atoms with Crippen LogP contribution in [0.5, 0.6) is 5.75 Å². The molecule has 0 radical (unpaired) electrons. The van der Waals surface area contributed by atoms with Gasteiger partial charge in [-0.15, -0.1) is 0 Å². The summed E-state index contributed by atoms with van der Waals surface area (Å²) in [5, 5.41) is 9.31. The molecule has 1 saturated carbocycles. The Morgan fingerprint density at radius 1 is 1.28 bits per heavy atom. The summed E-state index contributed by atoms with van der Waals surface area (Å²) in [6.07, 6.45) is 1.91. The maximum Gasteiger partial charge on any atom is 0.122 e. The normalized spacial score (nSPS) is 29.8. The van der Waals surface area contributed by atoms with Gasteiger partial charge in [-0.25, -0.2) is 0 Å². The van der Waals surface area contributed by atoms with E-state index in [0.717, 1.165) is 38.3 Å². The van der Waals surface area contributed by atoms with Gasteiger partial charge < -0.3 is 14.7 Å². The average Bonchev–Trinajstić information content (AvgIpc) is 2.71. The largest absolute Gasteiger partial charge is 0.493 e. The fourth-order valence-electron chi connectivity index (χ4n) is 3.12. The maximum absolute atomic E-state index is 9.31. The maximum atomic E-state index is 9.31. The highest BCUT2D eigenvalue weighted by Crippen LogP contribution is 2.34. The summed E-state index contributed by atoms with van der Waals surface area (Å²) in [7, 11) is 2.17. The van der Waals surface area contributed by atoms with Crippen LogP contribution in [0.4, 0.5) is 0 Å². The lowest BCUT2D eigenvalue weighted by Crippen LogP contribution is -2.38. The topological polar surface area (TPSA) is 32.7 Å². The molecule has 1 atom stereocenters. The van der Waals surface area contributed by atoms with Gasteiger partial charge in [-0.1, -0.05) is 18.2 Å². The van der Waals surface area contributed by atoms with Gasteiger partial charge in [0.05, 0.1) is 12.7 Å². The standard InChI is InChI=1S/C15H21NO2/c1-16(8-11-6-13(17)7-11)9-12-10-18-15-5-3-2-4-14(12)15/h2-5,11-13,17H,6-10H2,1H3. The zero-order chi connectivity index (χ0) is 12.5. The van der Waals surface area contributed by atoms with Gasteiger partial charge in [-0.3, -0.25) is 0 Å². The van der Waals surface area contributed by atoms with Crippen molar-refractivity contribution < 1.29 is 9.84 Å². The number of rotatable bonds is 4. The highest BCUT2D eigenvalue weighted by Gasteiger charge is 2.30. The molecule has 0 amide bonds.